The first-order valence-electron chi connectivity index (χ1n) is 6.90. The fraction of sp³-hybridized carbons (Fsp3) is 0.438. The van der Waals surface area contributed by atoms with E-state index in [2.05, 4.69) is 5.32 Å². The number of benzene rings is 1. The van der Waals surface area contributed by atoms with E-state index in [0.29, 0.717) is 12.0 Å². The van der Waals surface area contributed by atoms with Gasteiger partial charge in [0.05, 0.1) is 18.1 Å². The van der Waals surface area contributed by atoms with Crippen molar-refractivity contribution in [2.45, 2.75) is 45.3 Å². The van der Waals surface area contributed by atoms with Crippen molar-refractivity contribution >= 4 is 12.1 Å². The van der Waals surface area contributed by atoms with Gasteiger partial charge in [-0.25, -0.2) is 4.79 Å². The second-order valence-electron chi connectivity index (χ2n) is 5.96. The zero-order valence-electron chi connectivity index (χ0n) is 12.9. The van der Waals surface area contributed by atoms with Gasteiger partial charge >= 0.3 is 12.1 Å². The van der Waals surface area contributed by atoms with Crippen LogP contribution in [0.25, 0.3) is 0 Å². The van der Waals surface area contributed by atoms with Crippen LogP contribution in [0.4, 0.5) is 4.79 Å². The number of carbonyl (C=O) groups is 2. The number of aliphatic carboxylic acids is 1. The van der Waals surface area contributed by atoms with Crippen molar-refractivity contribution in [3.05, 3.63) is 35.4 Å². The zero-order valence-corrected chi connectivity index (χ0v) is 12.9. The highest BCUT2D eigenvalue weighted by Crippen LogP contribution is 2.11. The summed E-state index contributed by atoms with van der Waals surface area (Å²) in [4.78, 5) is 22.7. The molecule has 1 aromatic rings. The highest BCUT2D eigenvalue weighted by molar-refractivity contribution is 5.71. The van der Waals surface area contributed by atoms with Crippen molar-refractivity contribution in [3.63, 3.8) is 0 Å². The van der Waals surface area contributed by atoms with Gasteiger partial charge in [0.1, 0.15) is 5.60 Å². The Morgan fingerprint density at radius 2 is 2.09 bits per heavy atom. The maximum absolute atomic E-state index is 11.8. The summed E-state index contributed by atoms with van der Waals surface area (Å²) in [7, 11) is 0. The Hall–Kier alpha value is -2.55. The first-order valence-corrected chi connectivity index (χ1v) is 6.90. The molecule has 0 unspecified atom stereocenters. The van der Waals surface area contributed by atoms with Crippen LogP contribution in [0.5, 0.6) is 0 Å². The lowest BCUT2D eigenvalue weighted by Gasteiger charge is -2.23. The largest absolute Gasteiger partial charge is 0.481 e. The number of nitrogens with zero attached hydrogens (tertiary/aromatic N) is 1. The fourth-order valence-electron chi connectivity index (χ4n) is 1.91. The van der Waals surface area contributed by atoms with Crippen LogP contribution in [0.2, 0.25) is 0 Å². The van der Waals surface area contributed by atoms with E-state index in [4.69, 9.17) is 15.1 Å². The number of ether oxygens (including phenoxy) is 1. The Morgan fingerprint density at radius 1 is 1.41 bits per heavy atom. The third kappa shape index (κ3) is 6.75. The predicted octanol–water partition coefficient (Wildman–Crippen LogP) is 2.47. The SMILES string of the molecule is CC(C)(C)OC(=O)N[C@H](CC(=O)O)Cc1cccc(C#N)c1. The zero-order chi connectivity index (χ0) is 16.8. The lowest BCUT2D eigenvalue weighted by Crippen LogP contribution is -2.41. The molecule has 1 amide bonds. The molecule has 0 aliphatic rings. The van der Waals surface area contributed by atoms with Gasteiger partial charge in [0.2, 0.25) is 0 Å². The van der Waals surface area contributed by atoms with Gasteiger partial charge in [0.25, 0.3) is 0 Å². The number of nitrogens with one attached hydrogen (secondary N) is 1. The monoisotopic (exact) mass is 304 g/mol. The van der Waals surface area contributed by atoms with Crippen molar-refractivity contribution in [1.82, 2.24) is 5.32 Å². The minimum Gasteiger partial charge on any atom is -0.481 e. The van der Waals surface area contributed by atoms with E-state index in [1.165, 1.54) is 0 Å². The van der Waals surface area contributed by atoms with Gasteiger partial charge in [-0.3, -0.25) is 4.79 Å². The lowest BCUT2D eigenvalue weighted by atomic mass is 10.0. The van der Waals surface area contributed by atoms with Crippen molar-refractivity contribution in [3.8, 4) is 6.07 Å². The van der Waals surface area contributed by atoms with E-state index in [1.54, 1.807) is 45.0 Å². The van der Waals surface area contributed by atoms with Crippen LogP contribution in [0.3, 0.4) is 0 Å². The van der Waals surface area contributed by atoms with Crippen molar-refractivity contribution < 1.29 is 19.4 Å². The molecule has 2 N–H and O–H groups in total. The van der Waals surface area contributed by atoms with Gasteiger partial charge in [-0.05, 0) is 44.9 Å². The molecular formula is C16H20N2O4. The first kappa shape index (κ1) is 17.5. The van der Waals surface area contributed by atoms with E-state index >= 15 is 0 Å². The molecule has 0 aliphatic carbocycles. The number of carboxylic acids is 1. The van der Waals surface area contributed by atoms with E-state index in [9.17, 15) is 9.59 Å². The van der Waals surface area contributed by atoms with Crippen LogP contribution in [0, 0.1) is 11.3 Å². The summed E-state index contributed by atoms with van der Waals surface area (Å²) in [6.45, 7) is 5.19. The summed E-state index contributed by atoms with van der Waals surface area (Å²) in [5, 5.41) is 20.4. The molecule has 1 atom stereocenters. The van der Waals surface area contributed by atoms with Crippen LogP contribution in [-0.4, -0.2) is 28.8 Å². The van der Waals surface area contributed by atoms with Gasteiger partial charge in [-0.1, -0.05) is 12.1 Å². The molecule has 0 heterocycles. The Labute approximate surface area is 129 Å². The predicted molar refractivity (Wildman–Crippen MR) is 80.3 cm³/mol. The summed E-state index contributed by atoms with van der Waals surface area (Å²) in [5.41, 5.74) is 0.615. The Morgan fingerprint density at radius 3 is 2.64 bits per heavy atom. The average Bonchev–Trinajstić information content (AvgIpc) is 2.35. The number of carbonyl (C=O) groups excluding carboxylic acids is 1. The van der Waals surface area contributed by atoms with Gasteiger partial charge in [0.15, 0.2) is 0 Å². The van der Waals surface area contributed by atoms with Crippen molar-refractivity contribution in [2.75, 3.05) is 0 Å². The van der Waals surface area contributed by atoms with E-state index in [1.807, 2.05) is 6.07 Å². The molecule has 6 nitrogen and oxygen atoms in total. The fourth-order valence-corrected chi connectivity index (χ4v) is 1.91. The molecule has 0 saturated carbocycles. The molecule has 118 valence electrons. The number of rotatable bonds is 5. The maximum Gasteiger partial charge on any atom is 0.407 e. The highest BCUT2D eigenvalue weighted by Gasteiger charge is 2.21. The number of alkyl carbamates (subject to hydrolysis) is 1. The Kier molecular flexibility index (Phi) is 5.93. The molecule has 0 fully saturated rings. The normalized spacial score (nSPS) is 12.1. The quantitative estimate of drug-likeness (QED) is 0.870. The summed E-state index contributed by atoms with van der Waals surface area (Å²) < 4.78 is 5.14. The van der Waals surface area contributed by atoms with Gasteiger partial charge in [-0.2, -0.15) is 5.26 Å². The minimum absolute atomic E-state index is 0.226. The van der Waals surface area contributed by atoms with Crippen LogP contribution < -0.4 is 5.32 Å². The topological polar surface area (TPSA) is 99.4 Å². The first-order chi connectivity index (χ1) is 10.2. The number of hydrogen-bond donors (Lipinski definition) is 2. The molecule has 0 saturated heterocycles. The molecule has 1 rings (SSSR count). The van der Waals surface area contributed by atoms with E-state index in [-0.39, 0.29) is 6.42 Å². The molecule has 0 aliphatic heterocycles. The summed E-state index contributed by atoms with van der Waals surface area (Å²) in [6, 6.07) is 8.26. The molecule has 0 radical (unpaired) electrons. The van der Waals surface area contributed by atoms with Gasteiger partial charge < -0.3 is 15.2 Å². The number of hydrogen-bond acceptors (Lipinski definition) is 4. The smallest absolute Gasteiger partial charge is 0.407 e. The van der Waals surface area contributed by atoms with Gasteiger partial charge in [0, 0.05) is 6.04 Å². The summed E-state index contributed by atoms with van der Waals surface area (Å²) >= 11 is 0. The molecule has 6 heteroatoms. The third-order valence-corrected chi connectivity index (χ3v) is 2.68. The van der Waals surface area contributed by atoms with Crippen LogP contribution >= 0.6 is 0 Å². The molecule has 0 aromatic heterocycles. The second-order valence-corrected chi connectivity index (χ2v) is 5.96. The minimum atomic E-state index is -1.02. The van der Waals surface area contributed by atoms with Crippen molar-refractivity contribution in [2.24, 2.45) is 0 Å². The Balaban J connectivity index is 2.78. The number of amides is 1. The van der Waals surface area contributed by atoms with Gasteiger partial charge in [-0.15, -0.1) is 0 Å². The standard InChI is InChI=1S/C16H20N2O4/c1-16(2,3)22-15(21)18-13(9-14(19)20)8-11-5-4-6-12(7-11)10-17/h4-7,13H,8-9H2,1-3H3,(H,18,21)(H,19,20)/t13-/m0/s1. The summed E-state index contributed by atoms with van der Waals surface area (Å²) in [6.07, 6.45) is -0.577. The van der Waals surface area contributed by atoms with Crippen LogP contribution in [0.1, 0.15) is 38.3 Å². The molecule has 22 heavy (non-hydrogen) atoms. The second kappa shape index (κ2) is 7.46. The third-order valence-electron chi connectivity index (χ3n) is 2.68. The Bertz CT molecular complexity index is 585. The molecule has 1 aromatic carbocycles. The number of carboxylic acid groups (broad SMARTS) is 1. The highest BCUT2D eigenvalue weighted by atomic mass is 16.6. The maximum atomic E-state index is 11.8. The van der Waals surface area contributed by atoms with Crippen LogP contribution in [0.15, 0.2) is 24.3 Å². The molecule has 0 spiro atoms. The number of nitriles is 1. The average molecular weight is 304 g/mol. The molecular weight excluding hydrogens is 284 g/mol. The molecule has 0 bridgehead atoms. The van der Waals surface area contributed by atoms with E-state index < -0.39 is 23.7 Å². The lowest BCUT2D eigenvalue weighted by molar-refractivity contribution is -0.137. The van der Waals surface area contributed by atoms with Crippen molar-refractivity contribution in [1.29, 1.82) is 5.26 Å². The summed E-state index contributed by atoms with van der Waals surface area (Å²) in [5.74, 6) is -1.02. The van der Waals surface area contributed by atoms with Crippen LogP contribution in [-0.2, 0) is 16.0 Å². The van der Waals surface area contributed by atoms with E-state index in [0.717, 1.165) is 5.56 Å².